The van der Waals surface area contributed by atoms with Crippen LogP contribution in [0.2, 0.25) is 0 Å². The van der Waals surface area contributed by atoms with E-state index in [9.17, 15) is 4.79 Å². The van der Waals surface area contributed by atoms with Crippen LogP contribution in [-0.4, -0.2) is 46.4 Å². The van der Waals surface area contributed by atoms with Crippen molar-refractivity contribution in [1.29, 1.82) is 0 Å². The highest BCUT2D eigenvalue weighted by atomic mass is 16.5. The quantitative estimate of drug-likeness (QED) is 0.672. The number of carbonyl (C=O) groups is 1. The van der Waals surface area contributed by atoms with Gasteiger partial charge in [-0.25, -0.2) is 4.79 Å². The highest BCUT2D eigenvalue weighted by molar-refractivity contribution is 5.75. The Hall–Kier alpha value is -3.28. The second-order valence-electron chi connectivity index (χ2n) is 8.13. The second kappa shape index (κ2) is 8.22. The Morgan fingerprint density at radius 3 is 2.67 bits per heavy atom. The number of likely N-dealkylation sites (tertiary alicyclic amines) is 1. The van der Waals surface area contributed by atoms with E-state index in [2.05, 4.69) is 39.8 Å². The topological polar surface area (TPSA) is 70.2 Å². The average molecular weight is 402 g/mol. The summed E-state index contributed by atoms with van der Waals surface area (Å²) in [6, 6.07) is 18.8. The van der Waals surface area contributed by atoms with Crippen LogP contribution < -0.4 is 10.1 Å². The van der Waals surface area contributed by atoms with Crippen molar-refractivity contribution in [1.82, 2.24) is 20.4 Å². The van der Waals surface area contributed by atoms with Crippen molar-refractivity contribution in [2.75, 3.05) is 13.1 Å². The van der Waals surface area contributed by atoms with Crippen LogP contribution in [-0.2, 0) is 0 Å². The summed E-state index contributed by atoms with van der Waals surface area (Å²) in [4.78, 5) is 14.6. The minimum Gasteiger partial charge on any atom is -0.490 e. The number of hydrogen-bond donors (Lipinski definition) is 2. The molecule has 2 amide bonds. The van der Waals surface area contributed by atoms with Gasteiger partial charge in [0.1, 0.15) is 11.9 Å². The van der Waals surface area contributed by atoms with Gasteiger partial charge in [-0.05, 0) is 29.7 Å². The highest BCUT2D eigenvalue weighted by Crippen LogP contribution is 2.40. The molecule has 1 aromatic heterocycles. The number of H-pyrrole nitrogens is 1. The number of rotatable bonds is 5. The maximum atomic E-state index is 12.6. The van der Waals surface area contributed by atoms with E-state index < -0.39 is 0 Å². The molecule has 2 fully saturated rings. The molecule has 1 aliphatic heterocycles. The molecule has 1 aliphatic carbocycles. The van der Waals surface area contributed by atoms with E-state index >= 15 is 0 Å². The van der Waals surface area contributed by atoms with Crippen molar-refractivity contribution in [3.63, 3.8) is 0 Å². The van der Waals surface area contributed by atoms with Crippen molar-refractivity contribution in [2.24, 2.45) is 0 Å². The molecule has 2 aliphatic rings. The smallest absolute Gasteiger partial charge is 0.317 e. The fraction of sp³-hybridized carbons (Fsp3) is 0.333. The largest absolute Gasteiger partial charge is 0.490 e. The Bertz CT molecular complexity index is 981. The number of benzene rings is 2. The van der Waals surface area contributed by atoms with E-state index in [1.54, 1.807) is 6.20 Å². The third kappa shape index (κ3) is 4.17. The summed E-state index contributed by atoms with van der Waals surface area (Å²) in [5.41, 5.74) is 3.43. The lowest BCUT2D eigenvalue weighted by Gasteiger charge is -2.32. The van der Waals surface area contributed by atoms with Gasteiger partial charge in [0, 0.05) is 49.7 Å². The van der Waals surface area contributed by atoms with Gasteiger partial charge in [-0.15, -0.1) is 0 Å². The Morgan fingerprint density at radius 2 is 1.90 bits per heavy atom. The maximum absolute atomic E-state index is 12.6. The summed E-state index contributed by atoms with van der Waals surface area (Å²) in [5.74, 6) is 1.32. The Balaban J connectivity index is 1.10. The van der Waals surface area contributed by atoms with Crippen LogP contribution in [0.4, 0.5) is 4.79 Å². The van der Waals surface area contributed by atoms with Crippen molar-refractivity contribution in [3.8, 4) is 16.9 Å². The predicted octanol–water partition coefficient (Wildman–Crippen LogP) is 4.19. The van der Waals surface area contributed by atoms with Crippen molar-refractivity contribution < 1.29 is 9.53 Å². The minimum absolute atomic E-state index is 0.0545. The first kappa shape index (κ1) is 18.7. The first-order valence-corrected chi connectivity index (χ1v) is 10.6. The number of nitrogens with one attached hydrogen (secondary N) is 2. The van der Waals surface area contributed by atoms with Gasteiger partial charge in [0.2, 0.25) is 0 Å². The third-order valence-electron chi connectivity index (χ3n) is 6.02. The molecule has 2 aromatic carbocycles. The zero-order chi connectivity index (χ0) is 20.3. The summed E-state index contributed by atoms with van der Waals surface area (Å²) >= 11 is 0. The molecule has 30 heavy (non-hydrogen) atoms. The number of carbonyl (C=O) groups excluding carboxylic acids is 1. The fourth-order valence-corrected chi connectivity index (χ4v) is 4.20. The molecule has 154 valence electrons. The van der Waals surface area contributed by atoms with Crippen LogP contribution in [0, 0.1) is 0 Å². The van der Waals surface area contributed by atoms with Crippen molar-refractivity contribution in [2.45, 2.75) is 37.3 Å². The molecule has 0 bridgehead atoms. The van der Waals surface area contributed by atoms with Gasteiger partial charge in [-0.2, -0.15) is 5.10 Å². The molecular weight excluding hydrogens is 376 g/mol. The highest BCUT2D eigenvalue weighted by Gasteiger charge is 2.40. The molecular formula is C24H26N4O2. The Morgan fingerprint density at radius 1 is 1.07 bits per heavy atom. The summed E-state index contributed by atoms with van der Waals surface area (Å²) in [7, 11) is 0. The number of aromatic amines is 1. The molecule has 0 spiro atoms. The monoisotopic (exact) mass is 402 g/mol. The summed E-state index contributed by atoms with van der Waals surface area (Å²) < 4.78 is 6.20. The first-order chi connectivity index (χ1) is 14.8. The van der Waals surface area contributed by atoms with E-state index in [1.165, 1.54) is 5.56 Å². The molecule has 6 nitrogen and oxygen atoms in total. The van der Waals surface area contributed by atoms with Crippen LogP contribution in [0.1, 0.15) is 30.7 Å². The van der Waals surface area contributed by atoms with Crippen molar-refractivity contribution >= 4 is 6.03 Å². The second-order valence-corrected chi connectivity index (χ2v) is 8.13. The third-order valence-corrected chi connectivity index (χ3v) is 6.02. The Labute approximate surface area is 176 Å². The number of amides is 2. The molecule has 5 rings (SSSR count). The van der Waals surface area contributed by atoms with Crippen LogP contribution in [0.15, 0.2) is 67.0 Å². The van der Waals surface area contributed by atoms with Gasteiger partial charge in [0.05, 0.1) is 6.20 Å². The van der Waals surface area contributed by atoms with Gasteiger partial charge in [-0.3, -0.25) is 5.10 Å². The normalized spacial score (nSPS) is 21.3. The van der Waals surface area contributed by atoms with Gasteiger partial charge < -0.3 is 15.0 Å². The van der Waals surface area contributed by atoms with Crippen LogP contribution in [0.5, 0.6) is 5.75 Å². The molecule has 6 heteroatoms. The van der Waals surface area contributed by atoms with E-state index in [-0.39, 0.29) is 18.2 Å². The molecule has 1 saturated carbocycles. The fourth-order valence-electron chi connectivity index (χ4n) is 4.20. The Kier molecular flexibility index (Phi) is 5.13. The maximum Gasteiger partial charge on any atom is 0.317 e. The standard InChI is InChI=1S/C24H26N4O2/c29-24(27-23-14-22(23)17-5-2-1-3-6-17)28-11-9-20(10-12-28)30-21-8-4-7-18(13-21)19-15-25-26-16-19/h1-8,13,15-16,20,22-23H,9-12,14H2,(H,25,26)(H,27,29). The van der Waals surface area contributed by atoms with Gasteiger partial charge in [0.15, 0.2) is 0 Å². The molecule has 1 saturated heterocycles. The number of urea groups is 1. The zero-order valence-corrected chi connectivity index (χ0v) is 16.8. The number of ether oxygens (including phenoxy) is 1. The van der Waals surface area contributed by atoms with E-state index in [0.717, 1.165) is 49.2 Å². The van der Waals surface area contributed by atoms with Gasteiger partial charge in [-0.1, -0.05) is 42.5 Å². The number of hydrogen-bond acceptors (Lipinski definition) is 3. The zero-order valence-electron chi connectivity index (χ0n) is 16.8. The molecule has 2 unspecified atom stereocenters. The van der Waals surface area contributed by atoms with Gasteiger partial charge >= 0.3 is 6.03 Å². The molecule has 2 heterocycles. The summed E-state index contributed by atoms with van der Waals surface area (Å²) in [5, 5.41) is 10.0. The average Bonchev–Trinajstić information content (AvgIpc) is 3.32. The van der Waals surface area contributed by atoms with Crippen LogP contribution in [0.25, 0.3) is 11.1 Å². The van der Waals surface area contributed by atoms with Crippen LogP contribution in [0.3, 0.4) is 0 Å². The summed E-state index contributed by atoms with van der Waals surface area (Å²) in [6.45, 7) is 1.45. The lowest BCUT2D eigenvalue weighted by atomic mass is 10.1. The number of piperidine rings is 1. The lowest BCUT2D eigenvalue weighted by Crippen LogP contribution is -2.47. The molecule has 2 atom stereocenters. The molecule has 3 aromatic rings. The van der Waals surface area contributed by atoms with E-state index in [4.69, 9.17) is 4.74 Å². The number of nitrogens with zero attached hydrogens (tertiary/aromatic N) is 2. The lowest BCUT2D eigenvalue weighted by molar-refractivity contribution is 0.111. The van der Waals surface area contributed by atoms with E-state index in [0.29, 0.717) is 5.92 Å². The summed E-state index contributed by atoms with van der Waals surface area (Å²) in [6.07, 6.45) is 6.53. The van der Waals surface area contributed by atoms with Crippen LogP contribution >= 0.6 is 0 Å². The molecule has 2 N–H and O–H groups in total. The van der Waals surface area contributed by atoms with Crippen molar-refractivity contribution in [3.05, 3.63) is 72.6 Å². The number of aromatic nitrogens is 2. The van der Waals surface area contributed by atoms with Gasteiger partial charge in [0.25, 0.3) is 0 Å². The SMILES string of the molecule is O=C(NC1CC1c1ccccc1)N1CCC(Oc2cccc(-c3cn[nH]c3)c2)CC1. The minimum atomic E-state index is 0.0545. The molecule has 0 radical (unpaired) electrons. The first-order valence-electron chi connectivity index (χ1n) is 10.6. The predicted molar refractivity (Wildman–Crippen MR) is 115 cm³/mol. The van der Waals surface area contributed by atoms with E-state index in [1.807, 2.05) is 41.4 Å².